The van der Waals surface area contributed by atoms with Gasteiger partial charge in [-0.1, -0.05) is 23.7 Å². The number of nitrogens with zero attached hydrogens (tertiary/aromatic N) is 2. The van der Waals surface area contributed by atoms with Crippen molar-refractivity contribution in [3.63, 3.8) is 0 Å². The Morgan fingerprint density at radius 3 is 2.75 bits per heavy atom. The Balaban J connectivity index is 1.75. The number of nitrogens with one attached hydrogen (secondary N) is 2. The van der Waals surface area contributed by atoms with E-state index in [9.17, 15) is 9.59 Å². The lowest BCUT2D eigenvalue weighted by Crippen LogP contribution is -2.38. The van der Waals surface area contributed by atoms with Crippen molar-refractivity contribution in [2.24, 2.45) is 0 Å². The van der Waals surface area contributed by atoms with Crippen LogP contribution in [0.15, 0.2) is 30.3 Å². The third kappa shape index (κ3) is 5.09. The summed E-state index contributed by atoms with van der Waals surface area (Å²) >= 11 is 5.91. The second-order valence-corrected chi connectivity index (χ2v) is 5.84. The number of hydrogen-bond acceptors (Lipinski definition) is 3. The number of benzene rings is 1. The van der Waals surface area contributed by atoms with E-state index in [0.29, 0.717) is 30.2 Å². The zero-order valence-electron chi connectivity index (χ0n) is 13.8. The molecule has 1 aromatic heterocycles. The fraction of sp³-hybridized carbons (Fsp3) is 0.353. The van der Waals surface area contributed by atoms with E-state index in [-0.39, 0.29) is 18.4 Å². The highest BCUT2D eigenvalue weighted by molar-refractivity contribution is 6.30. The van der Waals surface area contributed by atoms with Crippen LogP contribution in [0.3, 0.4) is 0 Å². The Labute approximate surface area is 146 Å². The maximum absolute atomic E-state index is 12.1. The van der Waals surface area contributed by atoms with E-state index in [1.165, 1.54) is 0 Å². The second-order valence-electron chi connectivity index (χ2n) is 5.40. The molecule has 2 rings (SSSR count). The van der Waals surface area contributed by atoms with Gasteiger partial charge in [0, 0.05) is 18.1 Å². The van der Waals surface area contributed by atoms with Crippen molar-refractivity contribution in [3.05, 3.63) is 52.3 Å². The number of amides is 2. The van der Waals surface area contributed by atoms with Gasteiger partial charge in [-0.2, -0.15) is 5.10 Å². The van der Waals surface area contributed by atoms with Crippen LogP contribution < -0.4 is 10.6 Å². The number of carbonyl (C=O) groups excluding carboxylic acids is 2. The average molecular weight is 349 g/mol. The van der Waals surface area contributed by atoms with Gasteiger partial charge in [-0.05, 0) is 44.0 Å². The molecule has 2 amide bonds. The second kappa shape index (κ2) is 8.49. The van der Waals surface area contributed by atoms with E-state index in [4.69, 9.17) is 11.6 Å². The maximum atomic E-state index is 12.1. The van der Waals surface area contributed by atoms with Gasteiger partial charge < -0.3 is 10.6 Å². The van der Waals surface area contributed by atoms with Gasteiger partial charge in [0.2, 0.25) is 5.91 Å². The van der Waals surface area contributed by atoms with Gasteiger partial charge in [-0.15, -0.1) is 0 Å². The first kappa shape index (κ1) is 18.0. The van der Waals surface area contributed by atoms with Gasteiger partial charge >= 0.3 is 0 Å². The molecule has 1 heterocycles. The third-order valence-electron chi connectivity index (χ3n) is 3.47. The molecule has 128 valence electrons. The zero-order chi connectivity index (χ0) is 17.5. The molecular formula is C17H21ClN4O2. The summed E-state index contributed by atoms with van der Waals surface area (Å²) < 4.78 is 1.61. The summed E-state index contributed by atoms with van der Waals surface area (Å²) in [7, 11) is 0. The molecule has 0 aliphatic carbocycles. The van der Waals surface area contributed by atoms with E-state index >= 15 is 0 Å². The molecule has 0 aliphatic rings. The fourth-order valence-corrected chi connectivity index (χ4v) is 2.53. The normalized spacial score (nSPS) is 10.5. The van der Waals surface area contributed by atoms with Crippen molar-refractivity contribution in [2.75, 3.05) is 13.1 Å². The van der Waals surface area contributed by atoms with Crippen LogP contribution in [-0.2, 0) is 17.8 Å². The predicted octanol–water partition coefficient (Wildman–Crippen LogP) is 1.95. The smallest absolute Gasteiger partial charge is 0.269 e. The van der Waals surface area contributed by atoms with Gasteiger partial charge in [-0.25, -0.2) is 0 Å². The number of hydrogen-bond donors (Lipinski definition) is 2. The Kier molecular flexibility index (Phi) is 6.37. The summed E-state index contributed by atoms with van der Waals surface area (Å²) in [6.07, 6.45) is 0.683. The van der Waals surface area contributed by atoms with Crippen molar-refractivity contribution in [3.8, 4) is 0 Å². The predicted molar refractivity (Wildman–Crippen MR) is 93.1 cm³/mol. The maximum Gasteiger partial charge on any atom is 0.269 e. The summed E-state index contributed by atoms with van der Waals surface area (Å²) in [5, 5.41) is 10.3. The highest BCUT2D eigenvalue weighted by Gasteiger charge is 2.13. The minimum absolute atomic E-state index is 0.0671. The summed E-state index contributed by atoms with van der Waals surface area (Å²) in [5.41, 5.74) is 2.28. The molecule has 0 atom stereocenters. The van der Waals surface area contributed by atoms with Crippen LogP contribution in [0.25, 0.3) is 0 Å². The number of aryl methyl sites for hydroxylation is 2. The SMILES string of the molecule is CCn1nc(C)cc1C(=O)NCC(=O)NCCc1cccc(Cl)c1. The molecule has 7 heteroatoms. The molecule has 2 aromatic rings. The molecule has 1 aromatic carbocycles. The van der Waals surface area contributed by atoms with Crippen LogP contribution in [0.4, 0.5) is 0 Å². The van der Waals surface area contributed by atoms with Gasteiger partial charge in [0.25, 0.3) is 5.91 Å². The van der Waals surface area contributed by atoms with Gasteiger partial charge in [0.1, 0.15) is 5.69 Å². The lowest BCUT2D eigenvalue weighted by molar-refractivity contribution is -0.120. The highest BCUT2D eigenvalue weighted by Crippen LogP contribution is 2.10. The molecule has 0 saturated carbocycles. The molecule has 6 nitrogen and oxygen atoms in total. The van der Waals surface area contributed by atoms with Crippen LogP contribution >= 0.6 is 11.6 Å². The van der Waals surface area contributed by atoms with Crippen LogP contribution in [-0.4, -0.2) is 34.7 Å². The minimum atomic E-state index is -0.303. The molecule has 24 heavy (non-hydrogen) atoms. The number of carbonyl (C=O) groups is 2. The molecule has 0 fully saturated rings. The van der Waals surface area contributed by atoms with Crippen LogP contribution in [0.1, 0.15) is 28.7 Å². The standard InChI is InChI=1S/C17H21ClN4O2/c1-3-22-15(9-12(2)21-22)17(24)20-11-16(23)19-8-7-13-5-4-6-14(18)10-13/h4-6,9-10H,3,7-8,11H2,1-2H3,(H,19,23)(H,20,24). The number of aromatic nitrogens is 2. The Morgan fingerprint density at radius 2 is 2.04 bits per heavy atom. The summed E-state index contributed by atoms with van der Waals surface area (Å²) in [6, 6.07) is 9.20. The Bertz CT molecular complexity index is 727. The van der Waals surface area contributed by atoms with Crippen molar-refractivity contribution >= 4 is 23.4 Å². The molecule has 0 radical (unpaired) electrons. The van der Waals surface area contributed by atoms with Crippen molar-refractivity contribution in [1.82, 2.24) is 20.4 Å². The molecule has 0 spiro atoms. The molecule has 0 bridgehead atoms. The summed E-state index contributed by atoms with van der Waals surface area (Å²) in [4.78, 5) is 23.9. The van der Waals surface area contributed by atoms with Crippen LogP contribution in [0.2, 0.25) is 5.02 Å². The van der Waals surface area contributed by atoms with Crippen molar-refractivity contribution in [1.29, 1.82) is 0 Å². The number of halogens is 1. The molecule has 0 saturated heterocycles. The van der Waals surface area contributed by atoms with E-state index < -0.39 is 0 Å². The first-order valence-electron chi connectivity index (χ1n) is 7.83. The van der Waals surface area contributed by atoms with E-state index in [2.05, 4.69) is 15.7 Å². The summed E-state index contributed by atoms with van der Waals surface area (Å²) in [6.45, 7) is 4.75. The summed E-state index contributed by atoms with van der Waals surface area (Å²) in [5.74, 6) is -0.535. The van der Waals surface area contributed by atoms with Crippen LogP contribution in [0.5, 0.6) is 0 Å². The lowest BCUT2D eigenvalue weighted by atomic mass is 10.1. The van der Waals surface area contributed by atoms with E-state index in [0.717, 1.165) is 11.3 Å². The van der Waals surface area contributed by atoms with E-state index in [1.54, 1.807) is 10.7 Å². The third-order valence-corrected chi connectivity index (χ3v) is 3.70. The highest BCUT2D eigenvalue weighted by atomic mass is 35.5. The molecule has 0 aliphatic heterocycles. The van der Waals surface area contributed by atoms with Gasteiger partial charge in [0.05, 0.1) is 12.2 Å². The topological polar surface area (TPSA) is 76.0 Å². The fourth-order valence-electron chi connectivity index (χ4n) is 2.32. The first-order chi connectivity index (χ1) is 11.5. The Hall–Kier alpha value is -2.34. The minimum Gasteiger partial charge on any atom is -0.354 e. The van der Waals surface area contributed by atoms with Crippen molar-refractivity contribution < 1.29 is 9.59 Å². The van der Waals surface area contributed by atoms with Crippen molar-refractivity contribution in [2.45, 2.75) is 26.8 Å². The van der Waals surface area contributed by atoms with Crippen LogP contribution in [0, 0.1) is 6.92 Å². The zero-order valence-corrected chi connectivity index (χ0v) is 14.6. The first-order valence-corrected chi connectivity index (χ1v) is 8.21. The quantitative estimate of drug-likeness (QED) is 0.803. The lowest BCUT2D eigenvalue weighted by Gasteiger charge is -2.08. The number of rotatable bonds is 7. The average Bonchev–Trinajstić information content (AvgIpc) is 2.94. The Morgan fingerprint density at radius 1 is 1.25 bits per heavy atom. The van der Waals surface area contributed by atoms with E-state index in [1.807, 2.05) is 38.1 Å². The molecular weight excluding hydrogens is 328 g/mol. The van der Waals surface area contributed by atoms with Gasteiger partial charge in [-0.3, -0.25) is 14.3 Å². The molecule has 2 N–H and O–H groups in total. The monoisotopic (exact) mass is 348 g/mol. The largest absolute Gasteiger partial charge is 0.354 e. The molecule has 0 unspecified atom stereocenters. The van der Waals surface area contributed by atoms with Gasteiger partial charge in [0.15, 0.2) is 0 Å².